The van der Waals surface area contributed by atoms with Crippen LogP contribution in [0.4, 0.5) is 11.4 Å². The molecule has 0 N–H and O–H groups in total. The van der Waals surface area contributed by atoms with Crippen molar-refractivity contribution in [3.8, 4) is 6.07 Å². The van der Waals surface area contributed by atoms with Crippen molar-refractivity contribution < 1.29 is 4.79 Å². The molecule has 0 fully saturated rings. The van der Waals surface area contributed by atoms with Crippen molar-refractivity contribution >= 4 is 35.1 Å². The molecule has 0 spiro atoms. The van der Waals surface area contributed by atoms with Gasteiger partial charge in [-0.1, -0.05) is 30.0 Å². The van der Waals surface area contributed by atoms with Gasteiger partial charge in [-0.3, -0.25) is 4.79 Å². The molecule has 4 nitrogen and oxygen atoms in total. The molecule has 1 aliphatic heterocycles. The van der Waals surface area contributed by atoms with E-state index in [-0.39, 0.29) is 11.5 Å². The van der Waals surface area contributed by atoms with Crippen LogP contribution in [0.3, 0.4) is 0 Å². The molecular weight excluding hydrogens is 330 g/mol. The minimum atomic E-state index is -0.284. The Morgan fingerprint density at radius 2 is 1.92 bits per heavy atom. The average molecular weight is 349 g/mol. The predicted octanol–water partition coefficient (Wildman–Crippen LogP) is 4.30. The molecule has 1 amide bonds. The predicted molar refractivity (Wildman–Crippen MR) is 102 cm³/mol. The van der Waals surface area contributed by atoms with E-state index in [1.54, 1.807) is 31.9 Å². The average Bonchev–Trinajstić information content (AvgIpc) is 2.63. The van der Waals surface area contributed by atoms with Gasteiger partial charge in [0.15, 0.2) is 0 Å². The van der Waals surface area contributed by atoms with Gasteiger partial charge in [0, 0.05) is 30.4 Å². The van der Waals surface area contributed by atoms with Crippen LogP contribution in [0.25, 0.3) is 6.08 Å². The van der Waals surface area contributed by atoms with Crippen molar-refractivity contribution in [2.45, 2.75) is 16.7 Å². The second-order valence-electron chi connectivity index (χ2n) is 5.91. The van der Waals surface area contributed by atoms with Gasteiger partial charge in [-0.05, 0) is 42.8 Å². The zero-order valence-electron chi connectivity index (χ0n) is 14.5. The molecule has 2 aromatic rings. The molecule has 0 aliphatic carbocycles. The smallest absolute Gasteiger partial charge is 0.264 e. The van der Waals surface area contributed by atoms with Crippen molar-refractivity contribution in [1.82, 2.24) is 4.90 Å². The lowest BCUT2D eigenvalue weighted by molar-refractivity contribution is -0.124. The van der Waals surface area contributed by atoms with E-state index in [0.29, 0.717) is 0 Å². The first kappa shape index (κ1) is 17.1. The van der Waals surface area contributed by atoms with Crippen LogP contribution in [-0.2, 0) is 4.79 Å². The molecule has 0 radical (unpaired) electrons. The van der Waals surface area contributed by atoms with E-state index in [1.165, 1.54) is 15.5 Å². The Labute approximate surface area is 152 Å². The van der Waals surface area contributed by atoms with Gasteiger partial charge in [-0.25, -0.2) is 0 Å². The summed E-state index contributed by atoms with van der Waals surface area (Å²) in [5, 5.41) is 9.28. The summed E-state index contributed by atoms with van der Waals surface area (Å²) in [6.45, 7) is 3.01. The number of nitriles is 1. The summed E-state index contributed by atoms with van der Waals surface area (Å²) in [5.74, 6) is -0.284. The normalized spacial score (nSPS) is 12.9. The highest BCUT2D eigenvalue weighted by Gasteiger charge is 2.22. The maximum atomic E-state index is 12.1. The fraction of sp³-hybridized carbons (Fsp3) is 0.200. The van der Waals surface area contributed by atoms with Crippen LogP contribution in [0.5, 0.6) is 0 Å². The number of hydrogen-bond donors (Lipinski definition) is 0. The van der Waals surface area contributed by atoms with E-state index < -0.39 is 0 Å². The van der Waals surface area contributed by atoms with E-state index in [2.05, 4.69) is 36.1 Å². The topological polar surface area (TPSA) is 47.3 Å². The van der Waals surface area contributed by atoms with E-state index in [9.17, 15) is 10.1 Å². The molecule has 1 heterocycles. The minimum absolute atomic E-state index is 0.138. The number of likely N-dealkylation sites (N-methyl/N-ethyl adjacent to an activating group) is 1. The fourth-order valence-corrected chi connectivity index (χ4v) is 3.97. The highest BCUT2D eigenvalue weighted by molar-refractivity contribution is 7.99. The molecule has 25 heavy (non-hydrogen) atoms. The molecule has 126 valence electrons. The third-order valence-corrected chi connectivity index (χ3v) is 5.15. The lowest BCUT2D eigenvalue weighted by atomic mass is 10.1. The quantitative estimate of drug-likeness (QED) is 0.612. The molecule has 0 atom stereocenters. The summed E-state index contributed by atoms with van der Waals surface area (Å²) in [6, 6.07) is 16.4. The largest absolute Gasteiger partial charge is 0.344 e. The number of benzene rings is 2. The van der Waals surface area contributed by atoms with Crippen LogP contribution in [0.15, 0.2) is 57.8 Å². The summed E-state index contributed by atoms with van der Waals surface area (Å²) in [6.07, 6.45) is 1.65. The van der Waals surface area contributed by atoms with Crippen LogP contribution in [-0.4, -0.2) is 31.4 Å². The molecule has 0 bridgehead atoms. The lowest BCUT2D eigenvalue weighted by Gasteiger charge is -2.32. The second kappa shape index (κ2) is 7.04. The number of hydrogen-bond acceptors (Lipinski definition) is 4. The van der Waals surface area contributed by atoms with Crippen LogP contribution >= 0.6 is 11.8 Å². The Kier molecular flexibility index (Phi) is 4.82. The number of amides is 1. The maximum Gasteiger partial charge on any atom is 0.264 e. The number of carbonyl (C=O) groups is 1. The molecule has 0 saturated carbocycles. The van der Waals surface area contributed by atoms with Gasteiger partial charge in [-0.15, -0.1) is 0 Å². The number of fused-ring (bicyclic) bond motifs is 2. The molecule has 5 heteroatoms. The van der Waals surface area contributed by atoms with Crippen molar-refractivity contribution in [1.29, 1.82) is 5.26 Å². The van der Waals surface area contributed by atoms with E-state index in [4.69, 9.17) is 0 Å². The third-order valence-electron chi connectivity index (χ3n) is 4.03. The Hall–Kier alpha value is -2.71. The van der Waals surface area contributed by atoms with Crippen molar-refractivity contribution in [3.63, 3.8) is 0 Å². The first-order valence-corrected chi connectivity index (χ1v) is 8.88. The van der Waals surface area contributed by atoms with Crippen LogP contribution < -0.4 is 4.90 Å². The van der Waals surface area contributed by atoms with E-state index in [1.807, 2.05) is 24.3 Å². The number of nitrogens with zero attached hydrogens (tertiary/aromatic N) is 3. The van der Waals surface area contributed by atoms with Crippen molar-refractivity contribution in [3.05, 3.63) is 53.6 Å². The van der Waals surface area contributed by atoms with Crippen LogP contribution in [0.2, 0.25) is 0 Å². The van der Waals surface area contributed by atoms with Gasteiger partial charge in [-0.2, -0.15) is 5.26 Å². The SMILES string of the molecule is CCN1c2ccccc2Sc2cc(/C=C(\C#N)C(=O)N(C)C)ccc21. The Morgan fingerprint density at radius 3 is 2.60 bits per heavy atom. The van der Waals surface area contributed by atoms with Gasteiger partial charge in [0.2, 0.25) is 0 Å². The minimum Gasteiger partial charge on any atom is -0.344 e. The first-order valence-electron chi connectivity index (χ1n) is 8.07. The van der Waals surface area contributed by atoms with Gasteiger partial charge in [0.1, 0.15) is 11.6 Å². The maximum absolute atomic E-state index is 12.1. The van der Waals surface area contributed by atoms with Gasteiger partial charge >= 0.3 is 0 Å². The number of para-hydroxylation sites is 1. The lowest BCUT2D eigenvalue weighted by Crippen LogP contribution is -2.22. The Bertz CT molecular complexity index is 896. The number of anilines is 2. The first-order chi connectivity index (χ1) is 12.0. The highest BCUT2D eigenvalue weighted by atomic mass is 32.2. The summed E-state index contributed by atoms with van der Waals surface area (Å²) in [4.78, 5) is 18.1. The summed E-state index contributed by atoms with van der Waals surface area (Å²) in [7, 11) is 3.29. The fourth-order valence-electron chi connectivity index (χ4n) is 2.83. The zero-order valence-corrected chi connectivity index (χ0v) is 15.3. The van der Waals surface area contributed by atoms with Crippen molar-refractivity contribution in [2.75, 3.05) is 25.5 Å². The zero-order chi connectivity index (χ0) is 18.0. The third kappa shape index (κ3) is 3.26. The molecule has 3 rings (SSSR count). The number of rotatable bonds is 3. The standard InChI is InChI=1S/C20H19N3OS/c1-4-23-16-7-5-6-8-18(16)25-19-12-14(9-10-17(19)23)11-15(13-21)20(24)22(2)3/h5-12H,4H2,1-3H3/b15-11+. The number of carbonyl (C=O) groups excluding carboxylic acids is 1. The van der Waals surface area contributed by atoms with E-state index >= 15 is 0 Å². The van der Waals surface area contributed by atoms with Crippen LogP contribution in [0, 0.1) is 11.3 Å². The van der Waals surface area contributed by atoms with Gasteiger partial charge in [0.25, 0.3) is 5.91 Å². The summed E-state index contributed by atoms with van der Waals surface area (Å²) >= 11 is 1.72. The molecule has 0 saturated heterocycles. The Morgan fingerprint density at radius 1 is 1.20 bits per heavy atom. The second-order valence-corrected chi connectivity index (χ2v) is 6.99. The summed E-state index contributed by atoms with van der Waals surface area (Å²) in [5.41, 5.74) is 3.36. The molecule has 2 aromatic carbocycles. The van der Waals surface area contributed by atoms with Gasteiger partial charge < -0.3 is 9.80 Å². The molecule has 1 aliphatic rings. The monoisotopic (exact) mass is 349 g/mol. The van der Waals surface area contributed by atoms with Gasteiger partial charge in [0.05, 0.1) is 11.4 Å². The molecular formula is C20H19N3OS. The van der Waals surface area contributed by atoms with Crippen molar-refractivity contribution in [2.24, 2.45) is 0 Å². The highest BCUT2D eigenvalue weighted by Crippen LogP contribution is 2.48. The molecule has 0 unspecified atom stereocenters. The van der Waals surface area contributed by atoms with Crippen LogP contribution in [0.1, 0.15) is 12.5 Å². The Balaban J connectivity index is 2.02. The molecule has 0 aromatic heterocycles. The van der Waals surface area contributed by atoms with E-state index in [0.717, 1.165) is 22.7 Å². The summed E-state index contributed by atoms with van der Waals surface area (Å²) < 4.78 is 0.